The van der Waals surface area contributed by atoms with E-state index < -0.39 is 10.6 Å². The minimum absolute atomic E-state index is 0.288. The molecule has 2 aromatic rings. The Balaban J connectivity index is 2.57. The van der Waals surface area contributed by atoms with Gasteiger partial charge in [0.15, 0.2) is 23.0 Å². The quantitative estimate of drug-likeness (QED) is 0.223. The Labute approximate surface area is 213 Å². The molecule has 2 aromatic carbocycles. The first kappa shape index (κ1) is 29.1. The van der Waals surface area contributed by atoms with Crippen molar-refractivity contribution in [3.63, 3.8) is 0 Å². The average molecular weight is 511 g/mol. The smallest absolute Gasteiger partial charge is 0.391 e. The van der Waals surface area contributed by atoms with E-state index in [0.717, 1.165) is 24.6 Å². The number of hydrogen-bond acceptors (Lipinski definition) is 9. The van der Waals surface area contributed by atoms with E-state index in [4.69, 9.17) is 37.9 Å². The third-order valence-corrected chi connectivity index (χ3v) is 5.60. The van der Waals surface area contributed by atoms with E-state index in [0.29, 0.717) is 36.2 Å². The van der Waals surface area contributed by atoms with Crippen LogP contribution in [0.4, 0.5) is 0 Å². The van der Waals surface area contributed by atoms with Crippen molar-refractivity contribution >= 4 is 11.8 Å². The number of benzene rings is 2. The van der Waals surface area contributed by atoms with E-state index in [2.05, 4.69) is 0 Å². The van der Waals surface area contributed by atoms with Crippen molar-refractivity contribution in [3.8, 4) is 23.0 Å². The van der Waals surface area contributed by atoms with E-state index in [1.54, 1.807) is 38.5 Å². The van der Waals surface area contributed by atoms with Crippen LogP contribution in [0, 0.1) is 0 Å². The molecule has 0 aliphatic carbocycles. The van der Waals surface area contributed by atoms with E-state index in [-0.39, 0.29) is 13.2 Å². The third-order valence-electron chi connectivity index (χ3n) is 4.47. The molecular weight excluding hydrogens is 472 g/mol. The lowest BCUT2D eigenvalue weighted by Crippen LogP contribution is -2.49. The molecule has 196 valence electrons. The summed E-state index contributed by atoms with van der Waals surface area (Å²) in [4.78, 5) is 0. The van der Waals surface area contributed by atoms with Crippen LogP contribution in [0.25, 0.3) is 0 Å². The fraction of sp³-hybridized carbons (Fsp3) is 0.538. The van der Waals surface area contributed by atoms with Crippen molar-refractivity contribution in [1.82, 2.24) is 0 Å². The first-order chi connectivity index (χ1) is 17.0. The van der Waals surface area contributed by atoms with Crippen molar-refractivity contribution in [2.75, 3.05) is 40.6 Å². The number of thioether (sulfide) groups is 1. The highest BCUT2D eigenvalue weighted by molar-refractivity contribution is 8.01. The lowest BCUT2D eigenvalue weighted by Gasteiger charge is -2.39. The van der Waals surface area contributed by atoms with Crippen LogP contribution in [0.3, 0.4) is 0 Å². The summed E-state index contributed by atoms with van der Waals surface area (Å²) < 4.78 is 48.3. The zero-order chi connectivity index (χ0) is 25.6. The van der Waals surface area contributed by atoms with Gasteiger partial charge < -0.3 is 37.9 Å². The van der Waals surface area contributed by atoms with Gasteiger partial charge in [-0.15, -0.1) is 0 Å². The standard InChI is InChI=1S/C26H38O8S/c1-7-19-31-25(29-9-3,33-23-17-13-11-15-21(23)27-5)35-26(30-10-4,32-20-8-2)34-24-18-14-12-16-22(24)28-6/h11-18H,7-10,19-20H2,1-6H3. The van der Waals surface area contributed by atoms with Crippen LogP contribution in [-0.4, -0.2) is 51.3 Å². The predicted octanol–water partition coefficient (Wildman–Crippen LogP) is 6.04. The minimum atomic E-state index is -1.68. The largest absolute Gasteiger partial charge is 0.493 e. The van der Waals surface area contributed by atoms with Crippen molar-refractivity contribution in [3.05, 3.63) is 48.5 Å². The summed E-state index contributed by atoms with van der Waals surface area (Å²) >= 11 is 0.997. The second-order valence-corrected chi connectivity index (χ2v) is 8.37. The number of ether oxygens (including phenoxy) is 8. The van der Waals surface area contributed by atoms with Crippen LogP contribution in [-0.2, 0) is 18.9 Å². The van der Waals surface area contributed by atoms with Gasteiger partial charge in [-0.1, -0.05) is 38.1 Å². The van der Waals surface area contributed by atoms with Gasteiger partial charge in [0.05, 0.1) is 52.4 Å². The Morgan fingerprint density at radius 1 is 0.571 bits per heavy atom. The lowest BCUT2D eigenvalue weighted by atomic mass is 10.3. The molecular formula is C26H38O8S. The van der Waals surface area contributed by atoms with Crippen LogP contribution < -0.4 is 18.9 Å². The summed E-state index contributed by atoms with van der Waals surface area (Å²) in [5.74, 6) is 1.93. The van der Waals surface area contributed by atoms with Gasteiger partial charge in [-0.05, 0) is 51.0 Å². The molecule has 8 nitrogen and oxygen atoms in total. The van der Waals surface area contributed by atoms with Crippen LogP contribution in [0.2, 0.25) is 0 Å². The molecule has 0 N–H and O–H groups in total. The number of rotatable bonds is 18. The van der Waals surface area contributed by atoms with Crippen molar-refractivity contribution in [1.29, 1.82) is 0 Å². The van der Waals surface area contributed by atoms with E-state index in [1.165, 1.54) is 0 Å². The molecule has 0 saturated carbocycles. The zero-order valence-electron chi connectivity index (χ0n) is 21.5. The van der Waals surface area contributed by atoms with Gasteiger partial charge in [0.25, 0.3) is 0 Å². The molecule has 9 heteroatoms. The topological polar surface area (TPSA) is 73.8 Å². The average Bonchev–Trinajstić information content (AvgIpc) is 2.87. The second-order valence-electron chi connectivity index (χ2n) is 7.17. The Hall–Kier alpha value is -2.17. The van der Waals surface area contributed by atoms with Gasteiger partial charge in [0, 0.05) is 0 Å². The van der Waals surface area contributed by atoms with Crippen molar-refractivity contribution in [2.45, 2.75) is 51.1 Å². The second kappa shape index (κ2) is 15.1. The summed E-state index contributed by atoms with van der Waals surface area (Å²) in [5.41, 5.74) is 0. The lowest BCUT2D eigenvalue weighted by molar-refractivity contribution is -0.304. The maximum Gasteiger partial charge on any atom is 0.391 e. The molecule has 0 amide bonds. The Bertz CT molecular complexity index is 797. The van der Waals surface area contributed by atoms with Gasteiger partial charge in [0.2, 0.25) is 0 Å². The molecule has 2 unspecified atom stereocenters. The van der Waals surface area contributed by atoms with Gasteiger partial charge in [-0.25, -0.2) is 0 Å². The van der Waals surface area contributed by atoms with Crippen LogP contribution in [0.1, 0.15) is 40.5 Å². The highest BCUT2D eigenvalue weighted by Crippen LogP contribution is 2.46. The summed E-state index contributed by atoms with van der Waals surface area (Å²) in [6, 6.07) is 14.5. The van der Waals surface area contributed by atoms with Crippen molar-refractivity contribution < 1.29 is 37.9 Å². The Morgan fingerprint density at radius 3 is 1.26 bits per heavy atom. The predicted molar refractivity (Wildman–Crippen MR) is 136 cm³/mol. The first-order valence-electron chi connectivity index (χ1n) is 11.9. The summed E-state index contributed by atoms with van der Waals surface area (Å²) in [7, 11) is 3.15. The van der Waals surface area contributed by atoms with Crippen LogP contribution >= 0.6 is 11.8 Å². The van der Waals surface area contributed by atoms with Gasteiger partial charge in [-0.2, -0.15) is 0 Å². The molecule has 0 aromatic heterocycles. The molecule has 2 rings (SSSR count). The molecule has 2 atom stereocenters. The summed E-state index contributed by atoms with van der Waals surface area (Å²) in [6.07, 6.45) is 1.46. The van der Waals surface area contributed by atoms with Crippen molar-refractivity contribution in [2.24, 2.45) is 0 Å². The summed E-state index contributed by atoms with van der Waals surface area (Å²) in [5, 5.41) is -3.35. The van der Waals surface area contributed by atoms with Gasteiger partial charge in [0.1, 0.15) is 0 Å². The normalized spacial score (nSPS) is 14.6. The maximum atomic E-state index is 6.37. The van der Waals surface area contributed by atoms with Gasteiger partial charge >= 0.3 is 10.6 Å². The molecule has 0 radical (unpaired) electrons. The number of methoxy groups -OCH3 is 2. The third kappa shape index (κ3) is 8.47. The zero-order valence-corrected chi connectivity index (χ0v) is 22.4. The fourth-order valence-corrected chi connectivity index (χ4v) is 4.20. The number of hydrogen-bond donors (Lipinski definition) is 0. The molecule has 0 fully saturated rings. The Kier molecular flexibility index (Phi) is 12.5. The minimum Gasteiger partial charge on any atom is -0.493 e. The molecule has 0 spiro atoms. The number of para-hydroxylation sites is 4. The molecule has 0 aliphatic rings. The Morgan fingerprint density at radius 2 is 0.943 bits per heavy atom. The summed E-state index contributed by atoms with van der Waals surface area (Å²) in [6.45, 7) is 8.99. The highest BCUT2D eigenvalue weighted by Gasteiger charge is 2.52. The maximum absolute atomic E-state index is 6.37. The highest BCUT2D eigenvalue weighted by atomic mass is 32.2. The molecule has 0 bridgehead atoms. The monoisotopic (exact) mass is 510 g/mol. The molecule has 0 aliphatic heterocycles. The first-order valence-corrected chi connectivity index (χ1v) is 12.7. The van der Waals surface area contributed by atoms with E-state index in [1.807, 2.05) is 52.0 Å². The van der Waals surface area contributed by atoms with Crippen LogP contribution in [0.5, 0.6) is 23.0 Å². The van der Waals surface area contributed by atoms with Crippen LogP contribution in [0.15, 0.2) is 48.5 Å². The fourth-order valence-electron chi connectivity index (χ4n) is 3.00. The van der Waals surface area contributed by atoms with E-state index in [9.17, 15) is 0 Å². The molecule has 0 saturated heterocycles. The van der Waals surface area contributed by atoms with E-state index >= 15 is 0 Å². The molecule has 35 heavy (non-hydrogen) atoms. The molecule has 0 heterocycles. The SMILES string of the molecule is CCCOC(OCC)(Oc1ccccc1OC)SC(OCC)(OCCC)Oc1ccccc1OC. The van der Waals surface area contributed by atoms with Gasteiger partial charge in [-0.3, -0.25) is 0 Å².